The first-order valence-corrected chi connectivity index (χ1v) is 8.11. The van der Waals surface area contributed by atoms with Crippen LogP contribution in [0.5, 0.6) is 0 Å². The molecule has 1 atom stereocenters. The van der Waals surface area contributed by atoms with Crippen LogP contribution in [0, 0.1) is 11.3 Å². The van der Waals surface area contributed by atoms with E-state index in [1.165, 1.54) is 77.7 Å². The van der Waals surface area contributed by atoms with Crippen molar-refractivity contribution in [3.8, 4) is 0 Å². The monoisotopic (exact) mass is 252 g/mol. The van der Waals surface area contributed by atoms with Crippen LogP contribution in [0.1, 0.15) is 58.8 Å². The first-order chi connectivity index (χ1) is 8.68. The molecule has 0 aromatic heterocycles. The fourth-order valence-electron chi connectivity index (χ4n) is 3.65. The Morgan fingerprint density at radius 2 is 1.89 bits per heavy atom. The summed E-state index contributed by atoms with van der Waals surface area (Å²) >= 11 is 0. The van der Waals surface area contributed by atoms with Crippen LogP contribution >= 0.6 is 0 Å². The predicted octanol–water partition coefficient (Wildman–Crippen LogP) is 3.28. The Hall–Kier alpha value is -0.0800. The zero-order valence-electron chi connectivity index (χ0n) is 12.5. The molecule has 1 heterocycles. The van der Waals surface area contributed by atoms with Crippen LogP contribution in [0.3, 0.4) is 0 Å². The molecule has 1 N–H and O–H groups in total. The van der Waals surface area contributed by atoms with Gasteiger partial charge in [0.15, 0.2) is 0 Å². The van der Waals surface area contributed by atoms with Crippen molar-refractivity contribution in [3.63, 3.8) is 0 Å². The number of rotatable bonds is 6. The van der Waals surface area contributed by atoms with Gasteiger partial charge >= 0.3 is 0 Å². The van der Waals surface area contributed by atoms with E-state index in [4.69, 9.17) is 0 Å². The lowest BCUT2D eigenvalue weighted by molar-refractivity contribution is 0.135. The van der Waals surface area contributed by atoms with Gasteiger partial charge < -0.3 is 10.2 Å². The van der Waals surface area contributed by atoms with Gasteiger partial charge in [0.2, 0.25) is 0 Å². The van der Waals surface area contributed by atoms with E-state index in [0.29, 0.717) is 5.41 Å². The largest absolute Gasteiger partial charge is 0.316 e. The molecule has 2 fully saturated rings. The second kappa shape index (κ2) is 6.91. The fourth-order valence-corrected chi connectivity index (χ4v) is 3.65. The van der Waals surface area contributed by atoms with Gasteiger partial charge in [-0.25, -0.2) is 0 Å². The summed E-state index contributed by atoms with van der Waals surface area (Å²) in [6, 6.07) is 0. The first-order valence-electron chi connectivity index (χ1n) is 8.11. The highest BCUT2D eigenvalue weighted by atomic mass is 15.1. The molecule has 1 aliphatic heterocycles. The Labute approximate surface area is 114 Å². The number of hydrogen-bond donors (Lipinski definition) is 1. The maximum atomic E-state index is 3.71. The maximum Gasteiger partial charge on any atom is -0.000664 e. The second-order valence-corrected chi connectivity index (χ2v) is 7.04. The van der Waals surface area contributed by atoms with E-state index in [9.17, 15) is 0 Å². The van der Waals surface area contributed by atoms with Crippen LogP contribution in [0.4, 0.5) is 0 Å². The Balaban J connectivity index is 1.54. The smallest absolute Gasteiger partial charge is 0.000664 e. The molecule has 2 heteroatoms. The Kier molecular flexibility index (Phi) is 5.50. The molecule has 0 spiro atoms. The number of hydrogen-bond acceptors (Lipinski definition) is 2. The van der Waals surface area contributed by atoms with Gasteiger partial charge in [0, 0.05) is 0 Å². The number of likely N-dealkylation sites (tertiary alicyclic amines) is 1. The van der Waals surface area contributed by atoms with Crippen molar-refractivity contribution in [1.29, 1.82) is 0 Å². The van der Waals surface area contributed by atoms with Crippen molar-refractivity contribution >= 4 is 0 Å². The van der Waals surface area contributed by atoms with Crippen LogP contribution in [0.25, 0.3) is 0 Å². The molecule has 0 aromatic carbocycles. The average Bonchev–Trinajstić information content (AvgIpc) is 2.83. The van der Waals surface area contributed by atoms with E-state index in [0.717, 1.165) is 5.92 Å². The summed E-state index contributed by atoms with van der Waals surface area (Å²) in [5.74, 6) is 0.901. The zero-order valence-corrected chi connectivity index (χ0v) is 12.5. The fraction of sp³-hybridized carbons (Fsp3) is 1.00. The number of nitrogens with one attached hydrogen (secondary N) is 1. The summed E-state index contributed by atoms with van der Waals surface area (Å²) in [5, 5.41) is 3.71. The normalized spacial score (nSPS) is 28.7. The Morgan fingerprint density at radius 3 is 2.61 bits per heavy atom. The summed E-state index contributed by atoms with van der Waals surface area (Å²) in [4.78, 5) is 2.62. The highest BCUT2D eigenvalue weighted by Gasteiger charge is 2.31. The molecule has 0 aromatic rings. The molecular formula is C16H32N2. The van der Waals surface area contributed by atoms with Crippen molar-refractivity contribution in [2.75, 3.05) is 32.7 Å². The van der Waals surface area contributed by atoms with E-state index in [2.05, 4.69) is 24.1 Å². The standard InChI is InChI=1S/C16H32N2/c1-16(2)9-4-3-8-15(16)14-17-10-7-13-18-11-5-6-12-18/h15,17H,3-14H2,1-2H3. The minimum atomic E-state index is 0.570. The summed E-state index contributed by atoms with van der Waals surface area (Å²) in [5.41, 5.74) is 0.570. The van der Waals surface area contributed by atoms with Gasteiger partial charge in [-0.3, -0.25) is 0 Å². The van der Waals surface area contributed by atoms with E-state index >= 15 is 0 Å². The van der Waals surface area contributed by atoms with Crippen LogP contribution in [0.2, 0.25) is 0 Å². The molecule has 0 radical (unpaired) electrons. The second-order valence-electron chi connectivity index (χ2n) is 7.04. The third-order valence-corrected chi connectivity index (χ3v) is 5.15. The third kappa shape index (κ3) is 4.24. The van der Waals surface area contributed by atoms with Crippen LogP contribution in [0.15, 0.2) is 0 Å². The van der Waals surface area contributed by atoms with E-state index in [1.807, 2.05) is 0 Å². The quantitative estimate of drug-likeness (QED) is 0.730. The highest BCUT2D eigenvalue weighted by molar-refractivity contribution is 4.83. The molecule has 0 bridgehead atoms. The minimum Gasteiger partial charge on any atom is -0.316 e. The highest BCUT2D eigenvalue weighted by Crippen LogP contribution is 2.39. The molecule has 2 rings (SSSR count). The Morgan fingerprint density at radius 1 is 1.11 bits per heavy atom. The van der Waals surface area contributed by atoms with Gasteiger partial charge in [-0.2, -0.15) is 0 Å². The lowest BCUT2D eigenvalue weighted by Gasteiger charge is -2.39. The summed E-state index contributed by atoms with van der Waals surface area (Å²) in [6.45, 7) is 11.4. The molecule has 0 amide bonds. The SMILES string of the molecule is CC1(C)CCCCC1CNCCCN1CCCC1. The maximum absolute atomic E-state index is 3.71. The molecule has 2 aliphatic rings. The summed E-state index contributed by atoms with van der Waals surface area (Å²) in [7, 11) is 0. The molecular weight excluding hydrogens is 220 g/mol. The summed E-state index contributed by atoms with van der Waals surface area (Å²) < 4.78 is 0. The predicted molar refractivity (Wildman–Crippen MR) is 78.9 cm³/mol. The van der Waals surface area contributed by atoms with Crippen molar-refractivity contribution in [2.45, 2.75) is 58.8 Å². The van der Waals surface area contributed by atoms with Crippen LogP contribution in [-0.4, -0.2) is 37.6 Å². The van der Waals surface area contributed by atoms with E-state index in [-0.39, 0.29) is 0 Å². The van der Waals surface area contributed by atoms with E-state index < -0.39 is 0 Å². The van der Waals surface area contributed by atoms with Gasteiger partial charge in [0.25, 0.3) is 0 Å². The average molecular weight is 252 g/mol. The minimum absolute atomic E-state index is 0.570. The van der Waals surface area contributed by atoms with Crippen LogP contribution in [-0.2, 0) is 0 Å². The van der Waals surface area contributed by atoms with Gasteiger partial charge in [-0.05, 0) is 76.2 Å². The molecule has 1 saturated carbocycles. The van der Waals surface area contributed by atoms with E-state index in [1.54, 1.807) is 0 Å². The molecule has 1 unspecified atom stereocenters. The molecule has 2 nitrogen and oxygen atoms in total. The molecule has 1 saturated heterocycles. The first kappa shape index (κ1) is 14.3. The van der Waals surface area contributed by atoms with Gasteiger partial charge in [-0.1, -0.05) is 26.7 Å². The lowest BCUT2D eigenvalue weighted by atomic mass is 9.69. The van der Waals surface area contributed by atoms with Crippen molar-refractivity contribution in [2.24, 2.45) is 11.3 Å². The number of nitrogens with zero attached hydrogens (tertiary/aromatic N) is 1. The van der Waals surface area contributed by atoms with Gasteiger partial charge in [-0.15, -0.1) is 0 Å². The molecule has 106 valence electrons. The van der Waals surface area contributed by atoms with Crippen molar-refractivity contribution < 1.29 is 0 Å². The van der Waals surface area contributed by atoms with Gasteiger partial charge in [0.05, 0.1) is 0 Å². The molecule has 1 aliphatic carbocycles. The molecule has 18 heavy (non-hydrogen) atoms. The third-order valence-electron chi connectivity index (χ3n) is 5.15. The van der Waals surface area contributed by atoms with Crippen molar-refractivity contribution in [1.82, 2.24) is 10.2 Å². The topological polar surface area (TPSA) is 15.3 Å². The lowest BCUT2D eigenvalue weighted by Crippen LogP contribution is -2.36. The Bertz CT molecular complexity index is 231. The van der Waals surface area contributed by atoms with Gasteiger partial charge in [0.1, 0.15) is 0 Å². The zero-order chi connectivity index (χ0) is 12.8. The van der Waals surface area contributed by atoms with Crippen LogP contribution < -0.4 is 5.32 Å². The summed E-state index contributed by atoms with van der Waals surface area (Å²) in [6.07, 6.45) is 9.92. The van der Waals surface area contributed by atoms with Crippen molar-refractivity contribution in [3.05, 3.63) is 0 Å².